The first-order valence-electron chi connectivity index (χ1n) is 8.91. The number of carboxylic acids is 1. The highest BCUT2D eigenvalue weighted by Gasteiger charge is 2.61. The average molecular weight is 357 g/mol. The molecule has 4 heterocycles. The summed E-state index contributed by atoms with van der Waals surface area (Å²) in [6.45, 7) is 8.05. The van der Waals surface area contributed by atoms with Gasteiger partial charge in [-0.25, -0.2) is 9.50 Å². The minimum Gasteiger partial charge on any atom is -0.481 e. The molecule has 0 aliphatic carbocycles. The van der Waals surface area contributed by atoms with Gasteiger partial charge in [0.1, 0.15) is 5.41 Å². The quantitative estimate of drug-likeness (QED) is 0.867. The normalized spacial score (nSPS) is 26.0. The summed E-state index contributed by atoms with van der Waals surface area (Å²) in [4.78, 5) is 32.9. The first-order valence-corrected chi connectivity index (χ1v) is 8.91. The summed E-state index contributed by atoms with van der Waals surface area (Å²) < 4.78 is 1.80. The lowest BCUT2D eigenvalue weighted by Crippen LogP contribution is -2.40. The van der Waals surface area contributed by atoms with E-state index in [0.29, 0.717) is 32.7 Å². The smallest absolute Gasteiger partial charge is 0.313 e. The molecule has 4 rings (SSSR count). The molecule has 0 spiro atoms. The number of carbonyl (C=O) groups is 2. The van der Waals surface area contributed by atoms with E-state index in [2.05, 4.69) is 15.0 Å². The van der Waals surface area contributed by atoms with Crippen LogP contribution in [0.3, 0.4) is 0 Å². The maximum atomic E-state index is 12.6. The van der Waals surface area contributed by atoms with Crippen LogP contribution in [0.15, 0.2) is 12.3 Å². The first-order chi connectivity index (χ1) is 12.4. The van der Waals surface area contributed by atoms with E-state index in [9.17, 15) is 14.7 Å². The summed E-state index contributed by atoms with van der Waals surface area (Å²) in [7, 11) is 0. The van der Waals surface area contributed by atoms with Crippen molar-refractivity contribution >= 4 is 17.5 Å². The Bertz CT molecular complexity index is 908. The second-order valence-electron chi connectivity index (χ2n) is 7.48. The molecule has 2 saturated heterocycles. The molecule has 2 fully saturated rings. The largest absolute Gasteiger partial charge is 0.481 e. The standard InChI is InChI=1S/C18H23N5O3/c1-4-22-10-18(17(25)26)9-21(8-14(18)16(22)24)7-13-6-19-23-12(3)5-11(2)20-15(13)23/h5-6,14H,4,7-10H2,1-3H3,(H,25,26)/t14-,18-/m1/s1. The number of hydrogen-bond acceptors (Lipinski definition) is 5. The Labute approximate surface area is 151 Å². The Kier molecular flexibility index (Phi) is 3.76. The molecule has 2 aliphatic rings. The average Bonchev–Trinajstić information content (AvgIpc) is 3.21. The fourth-order valence-corrected chi connectivity index (χ4v) is 4.46. The number of aliphatic carboxylic acids is 1. The van der Waals surface area contributed by atoms with Gasteiger partial charge in [0, 0.05) is 49.7 Å². The van der Waals surface area contributed by atoms with Crippen LogP contribution in [-0.2, 0) is 16.1 Å². The zero-order chi connectivity index (χ0) is 18.6. The van der Waals surface area contributed by atoms with Gasteiger partial charge in [-0.1, -0.05) is 0 Å². The Morgan fingerprint density at radius 2 is 2.15 bits per heavy atom. The maximum absolute atomic E-state index is 12.6. The van der Waals surface area contributed by atoms with Crippen molar-refractivity contribution in [3.63, 3.8) is 0 Å². The van der Waals surface area contributed by atoms with E-state index in [1.165, 1.54) is 0 Å². The number of likely N-dealkylation sites (tertiary alicyclic amines) is 2. The number of hydrogen-bond donors (Lipinski definition) is 1. The predicted molar refractivity (Wildman–Crippen MR) is 93.6 cm³/mol. The van der Waals surface area contributed by atoms with E-state index in [1.54, 1.807) is 15.6 Å². The summed E-state index contributed by atoms with van der Waals surface area (Å²) in [5.41, 5.74) is 2.68. The predicted octanol–water partition coefficient (Wildman–Crippen LogP) is 0.711. The van der Waals surface area contributed by atoms with Crippen molar-refractivity contribution in [3.8, 4) is 0 Å². The molecule has 0 unspecified atom stereocenters. The summed E-state index contributed by atoms with van der Waals surface area (Å²) in [6.07, 6.45) is 1.79. The molecule has 8 nitrogen and oxygen atoms in total. The summed E-state index contributed by atoms with van der Waals surface area (Å²) in [5.74, 6) is -1.39. The van der Waals surface area contributed by atoms with Crippen LogP contribution in [-0.4, -0.2) is 67.6 Å². The molecule has 2 atom stereocenters. The molecule has 0 aromatic carbocycles. The highest BCUT2D eigenvalue weighted by atomic mass is 16.4. The number of carbonyl (C=O) groups excluding carboxylic acids is 1. The van der Waals surface area contributed by atoms with Crippen LogP contribution in [0.25, 0.3) is 5.65 Å². The minimum atomic E-state index is -1.00. The molecule has 8 heteroatoms. The van der Waals surface area contributed by atoms with Crippen LogP contribution in [0.5, 0.6) is 0 Å². The van der Waals surface area contributed by atoms with Gasteiger partial charge in [0.2, 0.25) is 5.91 Å². The van der Waals surface area contributed by atoms with Crippen molar-refractivity contribution in [2.45, 2.75) is 27.3 Å². The highest BCUT2D eigenvalue weighted by Crippen LogP contribution is 2.44. The van der Waals surface area contributed by atoms with Crippen LogP contribution in [0, 0.1) is 25.2 Å². The minimum absolute atomic E-state index is 0.0397. The van der Waals surface area contributed by atoms with Crippen molar-refractivity contribution < 1.29 is 14.7 Å². The lowest BCUT2D eigenvalue weighted by molar-refractivity contribution is -0.149. The fraction of sp³-hybridized carbons (Fsp3) is 0.556. The van der Waals surface area contributed by atoms with E-state index in [1.807, 2.05) is 26.8 Å². The molecule has 2 aromatic heterocycles. The molecule has 0 saturated carbocycles. The lowest BCUT2D eigenvalue weighted by atomic mass is 9.81. The first kappa shape index (κ1) is 17.0. The third-order valence-corrected chi connectivity index (χ3v) is 5.75. The number of aryl methyl sites for hydroxylation is 2. The van der Waals surface area contributed by atoms with Crippen LogP contribution in [0.4, 0.5) is 0 Å². The van der Waals surface area contributed by atoms with Gasteiger partial charge in [0.05, 0.1) is 12.1 Å². The second-order valence-corrected chi connectivity index (χ2v) is 7.48. The Morgan fingerprint density at radius 3 is 2.81 bits per heavy atom. The Balaban J connectivity index is 1.62. The topological polar surface area (TPSA) is 91.0 Å². The second kappa shape index (κ2) is 5.77. The van der Waals surface area contributed by atoms with Crippen molar-refractivity contribution in [1.82, 2.24) is 24.4 Å². The van der Waals surface area contributed by atoms with Gasteiger partial charge in [-0.3, -0.25) is 14.5 Å². The lowest BCUT2D eigenvalue weighted by Gasteiger charge is -2.24. The monoisotopic (exact) mass is 357 g/mol. The Hall–Kier alpha value is -2.48. The number of aromatic nitrogens is 3. The van der Waals surface area contributed by atoms with Crippen LogP contribution in [0.2, 0.25) is 0 Å². The molecule has 26 heavy (non-hydrogen) atoms. The molecule has 0 radical (unpaired) electrons. The van der Waals surface area contributed by atoms with E-state index in [-0.39, 0.29) is 5.91 Å². The van der Waals surface area contributed by atoms with Gasteiger partial charge in [-0.15, -0.1) is 0 Å². The third-order valence-electron chi connectivity index (χ3n) is 5.75. The van der Waals surface area contributed by atoms with Gasteiger partial charge in [-0.2, -0.15) is 5.10 Å². The van der Waals surface area contributed by atoms with E-state index in [0.717, 1.165) is 22.6 Å². The number of carboxylic acid groups (broad SMARTS) is 1. The summed E-state index contributed by atoms with van der Waals surface area (Å²) in [5, 5.41) is 14.3. The van der Waals surface area contributed by atoms with E-state index < -0.39 is 17.3 Å². The molecule has 2 aliphatic heterocycles. The van der Waals surface area contributed by atoms with Gasteiger partial charge in [0.25, 0.3) is 0 Å². The number of amides is 1. The number of nitrogens with zero attached hydrogens (tertiary/aromatic N) is 5. The summed E-state index contributed by atoms with van der Waals surface area (Å²) in [6, 6.07) is 1.97. The maximum Gasteiger partial charge on any atom is 0.313 e. The van der Waals surface area contributed by atoms with Gasteiger partial charge in [-0.05, 0) is 26.8 Å². The van der Waals surface area contributed by atoms with Gasteiger partial charge < -0.3 is 10.0 Å². The van der Waals surface area contributed by atoms with Crippen molar-refractivity contribution in [1.29, 1.82) is 0 Å². The Morgan fingerprint density at radius 1 is 1.38 bits per heavy atom. The van der Waals surface area contributed by atoms with Crippen LogP contribution >= 0.6 is 0 Å². The SMILES string of the molecule is CCN1C[C@]2(C(=O)O)CN(Cc3cnn4c(C)cc(C)nc34)C[C@@H]2C1=O. The van der Waals surface area contributed by atoms with Crippen molar-refractivity contribution in [2.75, 3.05) is 26.2 Å². The summed E-state index contributed by atoms with van der Waals surface area (Å²) >= 11 is 0. The third kappa shape index (κ3) is 2.32. The number of fused-ring (bicyclic) bond motifs is 2. The molecule has 1 N–H and O–H groups in total. The zero-order valence-electron chi connectivity index (χ0n) is 15.3. The van der Waals surface area contributed by atoms with Crippen LogP contribution < -0.4 is 0 Å². The van der Waals surface area contributed by atoms with Crippen molar-refractivity contribution in [3.05, 3.63) is 29.2 Å². The fourth-order valence-electron chi connectivity index (χ4n) is 4.46. The molecular formula is C18H23N5O3. The molecular weight excluding hydrogens is 334 g/mol. The molecule has 2 aromatic rings. The van der Waals surface area contributed by atoms with E-state index >= 15 is 0 Å². The van der Waals surface area contributed by atoms with Crippen LogP contribution in [0.1, 0.15) is 23.9 Å². The zero-order valence-corrected chi connectivity index (χ0v) is 15.3. The molecule has 0 bridgehead atoms. The molecule has 1 amide bonds. The highest BCUT2D eigenvalue weighted by molar-refractivity contribution is 5.92. The molecule has 138 valence electrons. The van der Waals surface area contributed by atoms with Crippen molar-refractivity contribution in [2.24, 2.45) is 11.3 Å². The van der Waals surface area contributed by atoms with Gasteiger partial charge in [0.15, 0.2) is 5.65 Å². The number of rotatable bonds is 4. The van der Waals surface area contributed by atoms with E-state index in [4.69, 9.17) is 0 Å². The van der Waals surface area contributed by atoms with Gasteiger partial charge >= 0.3 is 5.97 Å².